The van der Waals surface area contributed by atoms with Gasteiger partial charge in [0, 0.05) is 25.9 Å². The van der Waals surface area contributed by atoms with Crippen molar-refractivity contribution in [1.29, 1.82) is 0 Å². The van der Waals surface area contributed by atoms with E-state index in [1.807, 2.05) is 0 Å². The van der Waals surface area contributed by atoms with Crippen LogP contribution in [0.25, 0.3) is 0 Å². The fourth-order valence-corrected chi connectivity index (χ4v) is 5.27. The summed E-state index contributed by atoms with van der Waals surface area (Å²) in [6.07, 6.45) is 1.35. The molecule has 0 saturated carbocycles. The molecule has 0 spiro atoms. The Morgan fingerprint density at radius 3 is 2.20 bits per heavy atom. The topological polar surface area (TPSA) is 85.5 Å². The zero-order valence-electron chi connectivity index (χ0n) is 14.9. The summed E-state index contributed by atoms with van der Waals surface area (Å²) in [5.41, 5.74) is 1.40. The number of aryl methyl sites for hydroxylation is 3. The van der Waals surface area contributed by atoms with Gasteiger partial charge in [-0.15, -0.1) is 10.2 Å². The van der Waals surface area contributed by atoms with Gasteiger partial charge in [0.25, 0.3) is 0 Å². The second-order valence-electron chi connectivity index (χ2n) is 6.43. The smallest absolute Gasteiger partial charge is 0.243 e. The van der Waals surface area contributed by atoms with Gasteiger partial charge in [-0.25, -0.2) is 8.42 Å². The van der Waals surface area contributed by atoms with E-state index in [1.54, 1.807) is 44.3 Å². The minimum atomic E-state index is -3.54. The van der Waals surface area contributed by atoms with Crippen molar-refractivity contribution in [3.8, 4) is 5.75 Å². The van der Waals surface area contributed by atoms with E-state index in [2.05, 4.69) is 10.2 Å². The Labute approximate surface area is 148 Å². The number of benzene rings is 1. The Morgan fingerprint density at radius 1 is 1.12 bits per heavy atom. The molecule has 0 atom stereocenters. The van der Waals surface area contributed by atoms with Crippen LogP contribution in [0.1, 0.15) is 41.7 Å². The normalized spacial score (nSPS) is 17.0. The van der Waals surface area contributed by atoms with Crippen molar-refractivity contribution in [2.75, 3.05) is 20.2 Å². The molecule has 25 heavy (non-hydrogen) atoms. The maximum Gasteiger partial charge on any atom is 0.243 e. The highest BCUT2D eigenvalue weighted by Gasteiger charge is 2.33. The van der Waals surface area contributed by atoms with Gasteiger partial charge >= 0.3 is 0 Å². The third-order valence-corrected chi connectivity index (χ3v) is 6.82. The number of methoxy groups -OCH3 is 1. The number of rotatable bonds is 4. The average molecular weight is 365 g/mol. The van der Waals surface area contributed by atoms with Gasteiger partial charge in [0.05, 0.1) is 12.0 Å². The van der Waals surface area contributed by atoms with Crippen LogP contribution in [-0.4, -0.2) is 43.1 Å². The summed E-state index contributed by atoms with van der Waals surface area (Å²) in [7, 11) is -1.96. The van der Waals surface area contributed by atoms with E-state index in [9.17, 15) is 8.42 Å². The summed E-state index contributed by atoms with van der Waals surface area (Å²) in [5.74, 6) is 1.92. The van der Waals surface area contributed by atoms with Gasteiger partial charge in [0.1, 0.15) is 5.75 Å². The number of hydrogen-bond donors (Lipinski definition) is 0. The monoisotopic (exact) mass is 365 g/mol. The molecule has 8 heteroatoms. The van der Waals surface area contributed by atoms with Gasteiger partial charge in [0.15, 0.2) is 0 Å². The van der Waals surface area contributed by atoms with E-state index in [4.69, 9.17) is 9.15 Å². The Hall–Kier alpha value is -1.93. The van der Waals surface area contributed by atoms with Crippen LogP contribution in [0, 0.1) is 20.8 Å². The van der Waals surface area contributed by atoms with Crippen LogP contribution < -0.4 is 4.74 Å². The van der Waals surface area contributed by atoms with E-state index < -0.39 is 10.0 Å². The van der Waals surface area contributed by atoms with E-state index >= 15 is 0 Å². The molecule has 1 fully saturated rings. The van der Waals surface area contributed by atoms with Crippen molar-refractivity contribution >= 4 is 10.0 Å². The number of ether oxygens (including phenoxy) is 1. The zero-order valence-corrected chi connectivity index (χ0v) is 15.8. The van der Waals surface area contributed by atoms with Crippen molar-refractivity contribution < 1.29 is 17.6 Å². The average Bonchev–Trinajstić information content (AvgIpc) is 3.00. The molecule has 1 saturated heterocycles. The highest BCUT2D eigenvalue weighted by atomic mass is 32.2. The lowest BCUT2D eigenvalue weighted by atomic mass is 9.98. The van der Waals surface area contributed by atoms with Crippen molar-refractivity contribution in [3.05, 3.63) is 35.0 Å². The molecular weight excluding hydrogens is 342 g/mol. The van der Waals surface area contributed by atoms with E-state index in [-0.39, 0.29) is 5.92 Å². The molecule has 0 amide bonds. The first-order valence-electron chi connectivity index (χ1n) is 8.28. The molecular formula is C17H23N3O4S. The Balaban J connectivity index is 1.81. The van der Waals surface area contributed by atoms with Crippen molar-refractivity contribution in [1.82, 2.24) is 14.5 Å². The van der Waals surface area contributed by atoms with Crippen LogP contribution in [-0.2, 0) is 10.0 Å². The molecule has 1 aromatic carbocycles. The molecule has 2 heterocycles. The first-order chi connectivity index (χ1) is 11.8. The molecule has 136 valence electrons. The Bertz CT molecular complexity index is 845. The molecule has 0 bridgehead atoms. The first kappa shape index (κ1) is 17.9. The Kier molecular flexibility index (Phi) is 4.83. The van der Waals surface area contributed by atoms with E-state index in [0.29, 0.717) is 59.5 Å². The first-order valence-corrected chi connectivity index (χ1v) is 9.72. The lowest BCUT2D eigenvalue weighted by Crippen LogP contribution is -2.38. The molecule has 0 N–H and O–H groups in total. The predicted octanol–water partition coefficient (Wildman–Crippen LogP) is 2.57. The van der Waals surface area contributed by atoms with Gasteiger partial charge in [-0.3, -0.25) is 0 Å². The van der Waals surface area contributed by atoms with E-state index in [1.165, 1.54) is 0 Å². The standard InChI is InChI=1S/C17H23N3O4S/c1-11-9-15(23-4)10-12(2)16(11)25(21,22)20-7-5-14(6-8-20)17-19-18-13(3)24-17/h9-10,14H,5-8H2,1-4H3. The quantitative estimate of drug-likeness (QED) is 0.828. The third kappa shape index (κ3) is 3.41. The molecule has 1 aliphatic rings. The van der Waals surface area contributed by atoms with Crippen LogP contribution in [0.2, 0.25) is 0 Å². The maximum atomic E-state index is 13.1. The van der Waals surface area contributed by atoms with Crippen LogP contribution in [0.3, 0.4) is 0 Å². The second kappa shape index (κ2) is 6.76. The van der Waals surface area contributed by atoms with Crippen molar-refractivity contribution in [2.45, 2.75) is 44.4 Å². The summed E-state index contributed by atoms with van der Waals surface area (Å²) in [5, 5.41) is 7.92. The SMILES string of the molecule is COc1cc(C)c(S(=O)(=O)N2CCC(c3nnc(C)o3)CC2)c(C)c1. The molecule has 3 rings (SSSR count). The van der Waals surface area contributed by atoms with Crippen molar-refractivity contribution in [2.24, 2.45) is 0 Å². The lowest BCUT2D eigenvalue weighted by Gasteiger charge is -2.30. The summed E-state index contributed by atoms with van der Waals surface area (Å²) in [6.45, 7) is 6.25. The number of sulfonamides is 1. The molecule has 0 aliphatic carbocycles. The third-order valence-electron chi connectivity index (χ3n) is 4.61. The predicted molar refractivity (Wildman–Crippen MR) is 92.2 cm³/mol. The molecule has 0 unspecified atom stereocenters. The summed E-state index contributed by atoms with van der Waals surface area (Å²) in [4.78, 5) is 0.375. The zero-order chi connectivity index (χ0) is 18.2. The highest BCUT2D eigenvalue weighted by molar-refractivity contribution is 7.89. The fraction of sp³-hybridized carbons (Fsp3) is 0.529. The summed E-state index contributed by atoms with van der Waals surface area (Å²) < 4.78 is 38.5. The van der Waals surface area contributed by atoms with Gasteiger partial charge in [0.2, 0.25) is 21.8 Å². The van der Waals surface area contributed by atoms with Gasteiger partial charge in [-0.2, -0.15) is 4.31 Å². The van der Waals surface area contributed by atoms with Gasteiger partial charge < -0.3 is 9.15 Å². The fourth-order valence-electron chi connectivity index (χ4n) is 3.38. The van der Waals surface area contributed by atoms with Crippen LogP contribution in [0.5, 0.6) is 5.75 Å². The Morgan fingerprint density at radius 2 is 1.72 bits per heavy atom. The van der Waals surface area contributed by atoms with Crippen LogP contribution >= 0.6 is 0 Å². The largest absolute Gasteiger partial charge is 0.497 e. The summed E-state index contributed by atoms with van der Waals surface area (Å²) in [6, 6.07) is 3.52. The van der Waals surface area contributed by atoms with Gasteiger partial charge in [-0.1, -0.05) is 0 Å². The lowest BCUT2D eigenvalue weighted by molar-refractivity contribution is 0.287. The molecule has 1 aliphatic heterocycles. The number of aromatic nitrogens is 2. The van der Waals surface area contributed by atoms with Crippen molar-refractivity contribution in [3.63, 3.8) is 0 Å². The second-order valence-corrected chi connectivity index (χ2v) is 8.30. The summed E-state index contributed by atoms with van der Waals surface area (Å²) >= 11 is 0. The number of nitrogens with zero attached hydrogens (tertiary/aromatic N) is 3. The molecule has 0 radical (unpaired) electrons. The minimum Gasteiger partial charge on any atom is -0.497 e. The molecule has 7 nitrogen and oxygen atoms in total. The molecule has 1 aromatic heterocycles. The number of piperidine rings is 1. The molecule has 2 aromatic rings. The van der Waals surface area contributed by atoms with Crippen LogP contribution in [0.15, 0.2) is 21.4 Å². The maximum absolute atomic E-state index is 13.1. The number of hydrogen-bond acceptors (Lipinski definition) is 6. The van der Waals surface area contributed by atoms with Gasteiger partial charge in [-0.05, 0) is 49.9 Å². The minimum absolute atomic E-state index is 0.116. The highest BCUT2D eigenvalue weighted by Crippen LogP contribution is 2.33. The van der Waals surface area contributed by atoms with E-state index in [0.717, 1.165) is 0 Å². The van der Waals surface area contributed by atoms with Crippen LogP contribution in [0.4, 0.5) is 0 Å².